The molecule has 27 heavy (non-hydrogen) atoms. The topological polar surface area (TPSA) is 68.5 Å². The fourth-order valence-electron chi connectivity index (χ4n) is 2.88. The van der Waals surface area contributed by atoms with Gasteiger partial charge in [-0.15, -0.1) is 0 Å². The first kappa shape index (κ1) is 19.3. The van der Waals surface area contributed by atoms with Crippen LogP contribution in [0.3, 0.4) is 0 Å². The molecule has 0 saturated carbocycles. The summed E-state index contributed by atoms with van der Waals surface area (Å²) < 4.78 is 47.4. The number of halogens is 3. The van der Waals surface area contributed by atoms with Crippen LogP contribution in [0, 0.1) is 0 Å². The summed E-state index contributed by atoms with van der Waals surface area (Å²) in [7, 11) is 0. The van der Waals surface area contributed by atoms with E-state index in [2.05, 4.69) is 14.7 Å². The van der Waals surface area contributed by atoms with Gasteiger partial charge in [0.05, 0.1) is 0 Å². The molecular formula is C18H20F3N3O3. The molecule has 1 aromatic carbocycles. The van der Waals surface area contributed by atoms with E-state index in [1.165, 1.54) is 0 Å². The number of rotatable bonds is 5. The van der Waals surface area contributed by atoms with Gasteiger partial charge in [-0.25, -0.2) is 0 Å². The number of amides is 1. The number of carbonyl (C=O) groups excluding carboxylic acids is 1. The number of hydrogen-bond donors (Lipinski definition) is 0. The highest BCUT2D eigenvalue weighted by molar-refractivity contribution is 5.81. The summed E-state index contributed by atoms with van der Waals surface area (Å²) in [4.78, 5) is 17.7. The lowest BCUT2D eigenvalue weighted by Gasteiger charge is -2.29. The summed E-state index contributed by atoms with van der Waals surface area (Å²) in [5.41, 5.74) is 1.25. The van der Waals surface area contributed by atoms with Crippen LogP contribution in [-0.4, -0.2) is 39.7 Å². The molecule has 1 atom stereocenters. The van der Waals surface area contributed by atoms with Gasteiger partial charge < -0.3 is 14.2 Å². The van der Waals surface area contributed by atoms with E-state index in [1.807, 2.05) is 13.8 Å². The summed E-state index contributed by atoms with van der Waals surface area (Å²) in [6, 6.07) is 6.67. The number of aromatic nitrogens is 2. The Balaban J connectivity index is 1.72. The zero-order valence-electron chi connectivity index (χ0n) is 15.0. The molecule has 0 N–H and O–H groups in total. The van der Waals surface area contributed by atoms with E-state index in [-0.39, 0.29) is 17.8 Å². The molecule has 0 radical (unpaired) electrons. The molecule has 1 aromatic heterocycles. The molecule has 1 saturated heterocycles. The van der Waals surface area contributed by atoms with Crippen LogP contribution in [0.4, 0.5) is 13.2 Å². The summed E-state index contributed by atoms with van der Waals surface area (Å²) in [5, 5.41) is 3.37. The molecule has 1 fully saturated rings. The molecule has 2 heterocycles. The van der Waals surface area contributed by atoms with Crippen LogP contribution in [0.15, 0.2) is 28.8 Å². The van der Waals surface area contributed by atoms with Crippen molar-refractivity contribution in [1.29, 1.82) is 0 Å². The van der Waals surface area contributed by atoms with Crippen LogP contribution in [0.25, 0.3) is 11.4 Å². The van der Waals surface area contributed by atoms with Crippen molar-refractivity contribution in [2.75, 3.05) is 6.61 Å². The summed E-state index contributed by atoms with van der Waals surface area (Å²) in [6.45, 7) is 4.84. The van der Waals surface area contributed by atoms with Crippen LogP contribution in [-0.2, 0) is 22.3 Å². The fraction of sp³-hybridized carbons (Fsp3) is 0.500. The Morgan fingerprint density at radius 2 is 2.00 bits per heavy atom. The Labute approximate surface area is 154 Å². The third kappa shape index (κ3) is 4.47. The third-order valence-electron chi connectivity index (χ3n) is 4.35. The lowest BCUT2D eigenvalue weighted by molar-refractivity contribution is -0.159. The largest absolute Gasteiger partial charge is 0.471 e. The zero-order chi connectivity index (χ0) is 19.6. The van der Waals surface area contributed by atoms with Crippen LogP contribution < -0.4 is 0 Å². The van der Waals surface area contributed by atoms with E-state index in [0.717, 1.165) is 18.4 Å². The van der Waals surface area contributed by atoms with E-state index in [9.17, 15) is 18.0 Å². The maximum absolute atomic E-state index is 12.6. The molecule has 0 unspecified atom stereocenters. The second kappa shape index (κ2) is 7.67. The molecule has 9 heteroatoms. The van der Waals surface area contributed by atoms with Crippen molar-refractivity contribution in [3.8, 4) is 11.4 Å². The second-order valence-electron chi connectivity index (χ2n) is 6.68. The van der Waals surface area contributed by atoms with Gasteiger partial charge in [-0.1, -0.05) is 29.4 Å². The number of benzene rings is 1. The average molecular weight is 383 g/mol. The van der Waals surface area contributed by atoms with Crippen molar-refractivity contribution in [3.05, 3.63) is 35.7 Å². The Morgan fingerprint density at radius 1 is 1.30 bits per heavy atom. The summed E-state index contributed by atoms with van der Waals surface area (Å²) in [5.74, 6) is -1.56. The van der Waals surface area contributed by atoms with Crippen molar-refractivity contribution in [2.45, 2.75) is 51.6 Å². The minimum atomic E-state index is -4.67. The van der Waals surface area contributed by atoms with Crippen LogP contribution in [0.1, 0.15) is 38.1 Å². The average Bonchev–Trinajstić information content (AvgIpc) is 3.30. The Hall–Kier alpha value is -2.42. The first-order valence-corrected chi connectivity index (χ1v) is 8.68. The van der Waals surface area contributed by atoms with Gasteiger partial charge in [0.15, 0.2) is 0 Å². The lowest BCUT2D eigenvalue weighted by Crippen LogP contribution is -2.42. The van der Waals surface area contributed by atoms with Gasteiger partial charge in [0.1, 0.15) is 6.10 Å². The van der Waals surface area contributed by atoms with Crippen LogP contribution in [0.5, 0.6) is 0 Å². The fourth-order valence-corrected chi connectivity index (χ4v) is 2.88. The molecule has 146 valence electrons. The highest BCUT2D eigenvalue weighted by Gasteiger charge is 2.38. The molecule has 2 aromatic rings. The third-order valence-corrected chi connectivity index (χ3v) is 4.35. The maximum Gasteiger partial charge on any atom is 0.471 e. The predicted octanol–water partition coefficient (Wildman–Crippen LogP) is 3.67. The lowest BCUT2D eigenvalue weighted by atomic mass is 10.1. The Morgan fingerprint density at radius 3 is 2.52 bits per heavy atom. The predicted molar refractivity (Wildman–Crippen MR) is 89.4 cm³/mol. The minimum Gasteiger partial charge on any atom is -0.368 e. The monoisotopic (exact) mass is 383 g/mol. The first-order valence-electron chi connectivity index (χ1n) is 8.68. The molecule has 1 aliphatic rings. The van der Waals surface area contributed by atoms with Gasteiger partial charge in [0, 0.05) is 24.8 Å². The maximum atomic E-state index is 12.6. The summed E-state index contributed by atoms with van der Waals surface area (Å²) in [6.07, 6.45) is -3.47. The number of nitrogens with zero attached hydrogens (tertiary/aromatic N) is 3. The van der Waals surface area contributed by atoms with Gasteiger partial charge in [-0.3, -0.25) is 4.79 Å². The number of ether oxygens (including phenoxy) is 1. The van der Waals surface area contributed by atoms with E-state index < -0.39 is 18.2 Å². The van der Waals surface area contributed by atoms with Crippen molar-refractivity contribution in [3.63, 3.8) is 0 Å². The SMILES string of the molecule is CC(C)N(Cc1ccc(-c2noc(C(F)(F)F)n2)cc1)C(=O)[C@H]1CCCO1. The number of carbonyl (C=O) groups is 1. The van der Waals surface area contributed by atoms with Gasteiger partial charge in [0.2, 0.25) is 5.82 Å². The molecule has 1 aliphatic heterocycles. The quantitative estimate of drug-likeness (QED) is 0.788. The second-order valence-corrected chi connectivity index (χ2v) is 6.68. The van der Waals surface area contributed by atoms with Crippen LogP contribution in [0.2, 0.25) is 0 Å². The molecular weight excluding hydrogens is 363 g/mol. The molecule has 0 aliphatic carbocycles. The van der Waals surface area contributed by atoms with Crippen molar-refractivity contribution < 1.29 is 27.2 Å². The van der Waals surface area contributed by atoms with Crippen LogP contribution >= 0.6 is 0 Å². The van der Waals surface area contributed by atoms with Gasteiger partial charge in [0.25, 0.3) is 5.91 Å². The van der Waals surface area contributed by atoms with Crippen molar-refractivity contribution in [2.24, 2.45) is 0 Å². The molecule has 0 bridgehead atoms. The van der Waals surface area contributed by atoms with E-state index in [4.69, 9.17) is 4.74 Å². The molecule has 3 rings (SSSR count). The van der Waals surface area contributed by atoms with Gasteiger partial charge >= 0.3 is 12.1 Å². The molecule has 1 amide bonds. The summed E-state index contributed by atoms with van der Waals surface area (Å²) >= 11 is 0. The van der Waals surface area contributed by atoms with E-state index >= 15 is 0 Å². The van der Waals surface area contributed by atoms with Crippen molar-refractivity contribution in [1.82, 2.24) is 15.0 Å². The zero-order valence-corrected chi connectivity index (χ0v) is 15.0. The van der Waals surface area contributed by atoms with E-state index in [1.54, 1.807) is 29.2 Å². The van der Waals surface area contributed by atoms with Gasteiger partial charge in [-0.05, 0) is 32.3 Å². The minimum absolute atomic E-state index is 0.00655. The highest BCUT2D eigenvalue weighted by atomic mass is 19.4. The normalized spacial score (nSPS) is 17.5. The molecule has 6 nitrogen and oxygen atoms in total. The first-order chi connectivity index (χ1) is 12.8. The number of alkyl halides is 3. The Kier molecular flexibility index (Phi) is 5.50. The Bertz CT molecular complexity index is 781. The molecule has 0 spiro atoms. The number of hydrogen-bond acceptors (Lipinski definition) is 5. The van der Waals surface area contributed by atoms with E-state index in [0.29, 0.717) is 18.7 Å². The van der Waals surface area contributed by atoms with Gasteiger partial charge in [-0.2, -0.15) is 18.2 Å². The smallest absolute Gasteiger partial charge is 0.368 e. The standard InChI is InChI=1S/C18H20F3N3O3/c1-11(2)24(16(25)14-4-3-9-26-14)10-12-5-7-13(8-6-12)15-22-17(27-23-15)18(19,20)21/h5-8,11,14H,3-4,9-10H2,1-2H3/t14-/m1/s1. The highest BCUT2D eigenvalue weighted by Crippen LogP contribution is 2.29. The van der Waals surface area contributed by atoms with Crippen molar-refractivity contribution >= 4 is 5.91 Å².